The molecule has 0 radical (unpaired) electrons. The number of phenols is 1. The minimum atomic E-state index is -3.54. The first-order valence-corrected chi connectivity index (χ1v) is 7.11. The Kier molecular flexibility index (Phi) is 4.54. The molecule has 4 nitrogen and oxygen atoms in total. The number of rotatable bonds is 5. The van der Waals surface area contributed by atoms with Crippen LogP contribution in [0, 0.1) is 5.92 Å². The Bertz CT molecular complexity index is 468. The Morgan fingerprint density at radius 2 is 1.94 bits per heavy atom. The van der Waals surface area contributed by atoms with Crippen LogP contribution in [0.4, 0.5) is 0 Å². The van der Waals surface area contributed by atoms with Crippen LogP contribution in [0.5, 0.6) is 5.75 Å². The van der Waals surface area contributed by atoms with E-state index in [1.54, 1.807) is 0 Å². The summed E-state index contributed by atoms with van der Waals surface area (Å²) in [5.74, 6) is 0.376. The van der Waals surface area contributed by atoms with E-state index in [2.05, 4.69) is 4.72 Å². The van der Waals surface area contributed by atoms with Crippen LogP contribution >= 0.6 is 0 Å². The predicted molar refractivity (Wildman–Crippen MR) is 67.3 cm³/mol. The van der Waals surface area contributed by atoms with Crippen LogP contribution in [0.2, 0.25) is 0 Å². The molecule has 0 aromatic heterocycles. The van der Waals surface area contributed by atoms with Gasteiger partial charge in [0.25, 0.3) is 0 Å². The monoisotopic (exact) mass is 257 g/mol. The van der Waals surface area contributed by atoms with Gasteiger partial charge in [-0.05, 0) is 37.5 Å². The summed E-state index contributed by atoms with van der Waals surface area (Å²) in [6.45, 7) is 5.92. The summed E-state index contributed by atoms with van der Waals surface area (Å²) in [6.07, 6.45) is 0.776. The molecule has 1 aromatic carbocycles. The largest absolute Gasteiger partial charge is 0.508 e. The second kappa shape index (κ2) is 5.51. The molecule has 1 rings (SSSR count). The van der Waals surface area contributed by atoms with Crippen molar-refractivity contribution in [3.8, 4) is 5.75 Å². The lowest BCUT2D eigenvalue weighted by atomic mass is 10.1. The van der Waals surface area contributed by atoms with E-state index in [-0.39, 0.29) is 16.7 Å². The van der Waals surface area contributed by atoms with Crippen LogP contribution < -0.4 is 4.72 Å². The zero-order valence-corrected chi connectivity index (χ0v) is 11.2. The van der Waals surface area contributed by atoms with Crippen LogP contribution in [-0.2, 0) is 10.0 Å². The number of benzene rings is 1. The van der Waals surface area contributed by atoms with Crippen molar-refractivity contribution < 1.29 is 13.5 Å². The van der Waals surface area contributed by atoms with E-state index in [1.165, 1.54) is 24.3 Å². The minimum absolute atomic E-state index is 0.0515. The summed E-state index contributed by atoms with van der Waals surface area (Å²) in [5.41, 5.74) is 0. The zero-order chi connectivity index (χ0) is 13.1. The van der Waals surface area contributed by atoms with E-state index in [9.17, 15) is 13.5 Å². The second-order valence-corrected chi connectivity index (χ2v) is 6.36. The number of nitrogens with one attached hydrogen (secondary N) is 1. The van der Waals surface area contributed by atoms with Crippen molar-refractivity contribution in [3.63, 3.8) is 0 Å². The Morgan fingerprint density at radius 3 is 2.47 bits per heavy atom. The highest BCUT2D eigenvalue weighted by atomic mass is 32.2. The molecule has 0 spiro atoms. The van der Waals surface area contributed by atoms with Gasteiger partial charge < -0.3 is 5.11 Å². The fraction of sp³-hybridized carbons (Fsp3) is 0.500. The molecule has 5 heteroatoms. The first-order chi connectivity index (χ1) is 7.81. The van der Waals surface area contributed by atoms with Gasteiger partial charge in [0.15, 0.2) is 0 Å². The Balaban J connectivity index is 2.82. The van der Waals surface area contributed by atoms with Gasteiger partial charge in [-0.1, -0.05) is 19.9 Å². The summed E-state index contributed by atoms with van der Waals surface area (Å²) in [7, 11) is -3.54. The number of hydrogen-bond acceptors (Lipinski definition) is 3. The van der Waals surface area contributed by atoms with Crippen molar-refractivity contribution in [1.82, 2.24) is 4.72 Å². The molecule has 0 saturated carbocycles. The van der Waals surface area contributed by atoms with Gasteiger partial charge in [0.1, 0.15) is 5.75 Å². The van der Waals surface area contributed by atoms with E-state index in [1.807, 2.05) is 20.8 Å². The topological polar surface area (TPSA) is 66.4 Å². The highest BCUT2D eigenvalue weighted by molar-refractivity contribution is 7.89. The molecule has 0 aliphatic heterocycles. The van der Waals surface area contributed by atoms with Crippen LogP contribution in [0.1, 0.15) is 27.2 Å². The summed E-state index contributed by atoms with van der Waals surface area (Å²) >= 11 is 0. The SMILES string of the molecule is CC(C)CC(C)NS(=O)(=O)c1cccc(O)c1. The fourth-order valence-electron chi connectivity index (χ4n) is 1.74. The maximum Gasteiger partial charge on any atom is 0.240 e. The maximum absolute atomic E-state index is 12.0. The number of sulfonamides is 1. The zero-order valence-electron chi connectivity index (χ0n) is 10.3. The molecule has 0 aliphatic rings. The second-order valence-electron chi connectivity index (χ2n) is 4.65. The lowest BCUT2D eigenvalue weighted by molar-refractivity contribution is 0.470. The summed E-state index contributed by atoms with van der Waals surface area (Å²) in [6, 6.07) is 5.53. The summed E-state index contributed by atoms with van der Waals surface area (Å²) in [4.78, 5) is 0.0908. The Morgan fingerprint density at radius 1 is 1.29 bits per heavy atom. The molecule has 17 heavy (non-hydrogen) atoms. The number of aromatic hydroxyl groups is 1. The van der Waals surface area contributed by atoms with Gasteiger partial charge in [-0.25, -0.2) is 13.1 Å². The van der Waals surface area contributed by atoms with E-state index in [0.29, 0.717) is 5.92 Å². The van der Waals surface area contributed by atoms with E-state index in [0.717, 1.165) is 6.42 Å². The van der Waals surface area contributed by atoms with Crippen molar-refractivity contribution in [2.75, 3.05) is 0 Å². The fourth-order valence-corrected chi connectivity index (χ4v) is 3.03. The average molecular weight is 257 g/mol. The minimum Gasteiger partial charge on any atom is -0.508 e. The molecular formula is C12H19NO3S. The van der Waals surface area contributed by atoms with Crippen molar-refractivity contribution >= 4 is 10.0 Å². The van der Waals surface area contributed by atoms with Gasteiger partial charge in [-0.3, -0.25) is 0 Å². The summed E-state index contributed by atoms with van der Waals surface area (Å²) < 4.78 is 26.5. The van der Waals surface area contributed by atoms with E-state index < -0.39 is 10.0 Å². The van der Waals surface area contributed by atoms with Gasteiger partial charge in [0.2, 0.25) is 10.0 Å². The summed E-state index contributed by atoms with van der Waals surface area (Å²) in [5, 5.41) is 9.26. The number of hydrogen-bond donors (Lipinski definition) is 2. The Labute approximate surface area is 103 Å². The maximum atomic E-state index is 12.0. The third kappa shape index (κ3) is 4.36. The van der Waals surface area contributed by atoms with Crippen LogP contribution in [0.25, 0.3) is 0 Å². The van der Waals surface area contributed by atoms with E-state index >= 15 is 0 Å². The molecule has 0 heterocycles. The van der Waals surface area contributed by atoms with E-state index in [4.69, 9.17) is 0 Å². The molecule has 1 unspecified atom stereocenters. The smallest absolute Gasteiger partial charge is 0.240 e. The van der Waals surface area contributed by atoms with Crippen LogP contribution in [-0.4, -0.2) is 19.6 Å². The third-order valence-corrected chi connectivity index (χ3v) is 3.90. The van der Waals surface area contributed by atoms with Gasteiger partial charge in [0, 0.05) is 6.04 Å². The molecule has 0 bridgehead atoms. The van der Waals surface area contributed by atoms with Crippen molar-refractivity contribution in [3.05, 3.63) is 24.3 Å². The molecule has 2 N–H and O–H groups in total. The predicted octanol–water partition coefficient (Wildman–Crippen LogP) is 2.11. The molecule has 1 atom stereocenters. The molecule has 0 amide bonds. The standard InChI is InChI=1S/C12H19NO3S/c1-9(2)7-10(3)13-17(15,16)12-6-4-5-11(14)8-12/h4-6,8-10,13-14H,7H2,1-3H3. The van der Waals surface area contributed by atoms with Crippen molar-refractivity contribution in [1.29, 1.82) is 0 Å². The lowest BCUT2D eigenvalue weighted by Crippen LogP contribution is -2.33. The van der Waals surface area contributed by atoms with Crippen LogP contribution in [0.3, 0.4) is 0 Å². The van der Waals surface area contributed by atoms with Crippen LogP contribution in [0.15, 0.2) is 29.2 Å². The van der Waals surface area contributed by atoms with Gasteiger partial charge in [-0.15, -0.1) is 0 Å². The third-order valence-electron chi connectivity index (χ3n) is 2.31. The molecule has 96 valence electrons. The highest BCUT2D eigenvalue weighted by Gasteiger charge is 2.18. The van der Waals surface area contributed by atoms with Crippen molar-refractivity contribution in [2.24, 2.45) is 5.92 Å². The van der Waals surface area contributed by atoms with Gasteiger partial charge in [0.05, 0.1) is 4.90 Å². The normalized spacial score (nSPS) is 13.9. The lowest BCUT2D eigenvalue weighted by Gasteiger charge is -2.16. The van der Waals surface area contributed by atoms with Gasteiger partial charge in [-0.2, -0.15) is 0 Å². The number of phenolic OH excluding ortho intramolecular Hbond substituents is 1. The highest BCUT2D eigenvalue weighted by Crippen LogP contribution is 2.16. The first-order valence-electron chi connectivity index (χ1n) is 5.62. The molecular weight excluding hydrogens is 238 g/mol. The van der Waals surface area contributed by atoms with Gasteiger partial charge >= 0.3 is 0 Å². The average Bonchev–Trinajstić information content (AvgIpc) is 2.15. The molecule has 0 saturated heterocycles. The first kappa shape index (κ1) is 14.0. The molecule has 1 aromatic rings. The molecule has 0 fully saturated rings. The van der Waals surface area contributed by atoms with Crippen molar-refractivity contribution in [2.45, 2.75) is 38.1 Å². The Hall–Kier alpha value is -1.07. The molecule has 0 aliphatic carbocycles. The quantitative estimate of drug-likeness (QED) is 0.849.